The first-order valence-corrected chi connectivity index (χ1v) is 13.4. The highest BCUT2D eigenvalue weighted by Gasteiger charge is 2.58. The Kier molecular flexibility index (Phi) is 6.63. The van der Waals surface area contributed by atoms with Crippen molar-refractivity contribution in [2.24, 2.45) is 0 Å². The molecule has 1 aliphatic heterocycles. The van der Waals surface area contributed by atoms with Crippen molar-refractivity contribution in [3.8, 4) is 0 Å². The van der Waals surface area contributed by atoms with Crippen LogP contribution in [0.3, 0.4) is 0 Å². The second-order valence-electron chi connectivity index (χ2n) is 8.53. The first-order valence-electron chi connectivity index (χ1n) is 9.86. The SMILES string of the molecule is C=C[C@@H]1[C@H](O[Si](C(C)C)(C(C)C)C(C)C)C(=O)N1S(=O)(=O)c1ccc(C)cc1. The van der Waals surface area contributed by atoms with Crippen molar-refractivity contribution in [2.75, 3.05) is 0 Å². The van der Waals surface area contributed by atoms with E-state index in [9.17, 15) is 13.2 Å². The fourth-order valence-electron chi connectivity index (χ4n) is 4.53. The van der Waals surface area contributed by atoms with Crippen molar-refractivity contribution in [1.29, 1.82) is 0 Å². The Balaban J connectivity index is 2.38. The molecular formula is C21H33NO4SSi. The van der Waals surface area contributed by atoms with E-state index in [-0.39, 0.29) is 4.90 Å². The van der Waals surface area contributed by atoms with Gasteiger partial charge in [-0.3, -0.25) is 4.79 Å². The number of nitrogens with zero attached hydrogens (tertiary/aromatic N) is 1. The molecule has 156 valence electrons. The van der Waals surface area contributed by atoms with Crippen LogP contribution in [0, 0.1) is 6.92 Å². The van der Waals surface area contributed by atoms with E-state index < -0.39 is 36.4 Å². The second kappa shape index (κ2) is 8.12. The minimum Gasteiger partial charge on any atom is -0.402 e. The maximum absolute atomic E-state index is 13.0. The molecule has 0 saturated carbocycles. The van der Waals surface area contributed by atoms with E-state index >= 15 is 0 Å². The van der Waals surface area contributed by atoms with E-state index in [1.807, 2.05) is 6.92 Å². The van der Waals surface area contributed by atoms with E-state index in [4.69, 9.17) is 4.43 Å². The van der Waals surface area contributed by atoms with Gasteiger partial charge < -0.3 is 4.43 Å². The molecule has 0 radical (unpaired) electrons. The Morgan fingerprint density at radius 3 is 1.89 bits per heavy atom. The number of sulfonamides is 1. The average Bonchev–Trinajstić information content (AvgIpc) is 2.59. The van der Waals surface area contributed by atoms with Crippen LogP contribution < -0.4 is 0 Å². The number of aryl methyl sites for hydroxylation is 1. The molecule has 28 heavy (non-hydrogen) atoms. The predicted molar refractivity (Wildman–Crippen MR) is 115 cm³/mol. The van der Waals surface area contributed by atoms with E-state index in [0.29, 0.717) is 16.6 Å². The van der Waals surface area contributed by atoms with E-state index in [0.717, 1.165) is 9.87 Å². The van der Waals surface area contributed by atoms with Crippen LogP contribution >= 0.6 is 0 Å². The molecule has 1 heterocycles. The Labute approximate surface area is 171 Å². The number of carbonyl (C=O) groups is 1. The molecule has 1 saturated heterocycles. The maximum Gasteiger partial charge on any atom is 0.267 e. The quantitative estimate of drug-likeness (QED) is 0.347. The molecule has 0 aliphatic carbocycles. The summed E-state index contributed by atoms with van der Waals surface area (Å²) < 4.78 is 33.6. The van der Waals surface area contributed by atoms with Gasteiger partial charge in [-0.05, 0) is 35.7 Å². The van der Waals surface area contributed by atoms with Gasteiger partial charge in [0.1, 0.15) is 6.04 Å². The van der Waals surface area contributed by atoms with Crippen LogP contribution in [0.15, 0.2) is 41.8 Å². The molecule has 0 spiro atoms. The number of carbonyl (C=O) groups excluding carboxylic acids is 1. The molecule has 0 aromatic heterocycles. The molecule has 2 atom stereocenters. The third-order valence-corrected chi connectivity index (χ3v) is 13.8. The normalized spacial score (nSPS) is 20.8. The minimum absolute atomic E-state index is 0.108. The fourth-order valence-corrected chi connectivity index (χ4v) is 11.6. The van der Waals surface area contributed by atoms with Crippen LogP contribution in [-0.2, 0) is 19.2 Å². The summed E-state index contributed by atoms with van der Waals surface area (Å²) in [5.41, 5.74) is 1.85. The van der Waals surface area contributed by atoms with Gasteiger partial charge in [-0.15, -0.1) is 6.58 Å². The molecule has 1 aromatic carbocycles. The van der Waals surface area contributed by atoms with Gasteiger partial charge in [0.25, 0.3) is 15.9 Å². The van der Waals surface area contributed by atoms with Gasteiger partial charge in [-0.25, -0.2) is 12.7 Å². The Hall–Kier alpha value is -1.44. The molecular weight excluding hydrogens is 390 g/mol. The van der Waals surface area contributed by atoms with Crippen LogP contribution in [0.5, 0.6) is 0 Å². The zero-order valence-corrected chi connectivity index (χ0v) is 19.8. The number of β-lactam (4-membered cyclic amide) rings is 1. The lowest BCUT2D eigenvalue weighted by atomic mass is 10.0. The predicted octanol–water partition coefficient (Wildman–Crippen LogP) is 4.64. The Morgan fingerprint density at radius 1 is 1.04 bits per heavy atom. The highest BCUT2D eigenvalue weighted by Crippen LogP contribution is 2.45. The van der Waals surface area contributed by atoms with Gasteiger partial charge in [0.05, 0.1) is 4.90 Å². The Morgan fingerprint density at radius 2 is 1.50 bits per heavy atom. The molecule has 1 aromatic rings. The molecule has 7 heteroatoms. The summed E-state index contributed by atoms with van der Waals surface area (Å²) in [4.78, 5) is 13.1. The van der Waals surface area contributed by atoms with Crippen molar-refractivity contribution in [2.45, 2.75) is 82.1 Å². The van der Waals surface area contributed by atoms with Crippen molar-refractivity contribution < 1.29 is 17.6 Å². The summed E-state index contributed by atoms with van der Waals surface area (Å²) in [5.74, 6) is -0.496. The van der Waals surface area contributed by atoms with Crippen LogP contribution in [0.2, 0.25) is 16.6 Å². The minimum atomic E-state index is -3.93. The van der Waals surface area contributed by atoms with Crippen LogP contribution in [0.1, 0.15) is 47.1 Å². The van der Waals surface area contributed by atoms with E-state index in [1.165, 1.54) is 18.2 Å². The second-order valence-corrected chi connectivity index (χ2v) is 15.8. The third-order valence-electron chi connectivity index (χ3n) is 5.90. The fraction of sp³-hybridized carbons (Fsp3) is 0.571. The first-order chi connectivity index (χ1) is 12.9. The number of hydrogen-bond acceptors (Lipinski definition) is 4. The highest BCUT2D eigenvalue weighted by molar-refractivity contribution is 7.89. The monoisotopic (exact) mass is 423 g/mol. The molecule has 2 rings (SSSR count). The van der Waals surface area contributed by atoms with Crippen LogP contribution in [-0.4, -0.2) is 39.1 Å². The van der Waals surface area contributed by atoms with Gasteiger partial charge in [0.15, 0.2) is 6.10 Å². The lowest BCUT2D eigenvalue weighted by Gasteiger charge is -2.51. The van der Waals surface area contributed by atoms with Crippen molar-refractivity contribution >= 4 is 24.2 Å². The standard InChI is InChI=1S/C21H33NO4SSi/c1-9-19-20(26-28(14(2)3,15(4)5)16(6)7)21(23)22(19)27(24,25)18-12-10-17(8)11-13-18/h9-16,19-20H,1H2,2-8H3/t19-,20+/m1/s1. The summed E-state index contributed by atoms with van der Waals surface area (Å²) in [6.07, 6.45) is 0.731. The molecule has 1 aliphatic rings. The average molecular weight is 424 g/mol. The lowest BCUT2D eigenvalue weighted by molar-refractivity contribution is -0.150. The van der Waals surface area contributed by atoms with Gasteiger partial charge in [-0.1, -0.05) is 65.3 Å². The molecule has 0 bridgehead atoms. The van der Waals surface area contributed by atoms with Crippen LogP contribution in [0.25, 0.3) is 0 Å². The summed E-state index contributed by atoms with van der Waals surface area (Å²) in [6.45, 7) is 18.5. The highest BCUT2D eigenvalue weighted by atomic mass is 32.2. The largest absolute Gasteiger partial charge is 0.402 e. The van der Waals surface area contributed by atoms with Gasteiger partial charge in [0, 0.05) is 0 Å². The van der Waals surface area contributed by atoms with E-state index in [2.05, 4.69) is 48.1 Å². The van der Waals surface area contributed by atoms with Crippen LogP contribution in [0.4, 0.5) is 0 Å². The number of rotatable bonds is 8. The van der Waals surface area contributed by atoms with Crippen molar-refractivity contribution in [3.63, 3.8) is 0 Å². The summed E-state index contributed by atoms with van der Waals surface area (Å²) in [5, 5.41) is 0. The number of hydrogen-bond donors (Lipinski definition) is 0. The zero-order valence-electron chi connectivity index (χ0n) is 18.0. The van der Waals surface area contributed by atoms with Gasteiger partial charge >= 0.3 is 0 Å². The maximum atomic E-state index is 13.0. The summed E-state index contributed by atoms with van der Waals surface area (Å²) >= 11 is 0. The summed E-state index contributed by atoms with van der Waals surface area (Å²) in [7, 11) is -6.26. The molecule has 0 unspecified atom stereocenters. The zero-order chi connectivity index (χ0) is 21.4. The molecule has 5 nitrogen and oxygen atoms in total. The molecule has 1 amide bonds. The lowest BCUT2D eigenvalue weighted by Crippen LogP contribution is -2.69. The number of benzene rings is 1. The molecule has 0 N–H and O–H groups in total. The molecule has 1 fully saturated rings. The van der Waals surface area contributed by atoms with Crippen molar-refractivity contribution in [1.82, 2.24) is 4.31 Å². The third kappa shape index (κ3) is 3.60. The van der Waals surface area contributed by atoms with E-state index in [1.54, 1.807) is 12.1 Å². The van der Waals surface area contributed by atoms with Crippen molar-refractivity contribution in [3.05, 3.63) is 42.5 Å². The number of amides is 1. The Bertz CT molecular complexity index is 809. The summed E-state index contributed by atoms with van der Waals surface area (Å²) in [6, 6.07) is 5.83. The van der Waals surface area contributed by atoms with Gasteiger partial charge in [-0.2, -0.15) is 0 Å². The van der Waals surface area contributed by atoms with Gasteiger partial charge in [0.2, 0.25) is 8.32 Å². The topological polar surface area (TPSA) is 63.7 Å². The first kappa shape index (κ1) is 22.8. The smallest absolute Gasteiger partial charge is 0.267 e.